The van der Waals surface area contributed by atoms with Gasteiger partial charge in [0, 0.05) is 5.69 Å². The van der Waals surface area contributed by atoms with Crippen LogP contribution in [-0.4, -0.2) is 29.1 Å². The van der Waals surface area contributed by atoms with E-state index in [1.807, 2.05) is 0 Å². The van der Waals surface area contributed by atoms with Crippen molar-refractivity contribution in [2.24, 2.45) is 0 Å². The average Bonchev–Trinajstić information content (AvgIpc) is 2.96. The van der Waals surface area contributed by atoms with Crippen LogP contribution in [0.3, 0.4) is 0 Å². The number of rotatable bonds is 4. The lowest BCUT2D eigenvalue weighted by Gasteiger charge is -2.16. The molecule has 1 fully saturated rings. The van der Waals surface area contributed by atoms with E-state index in [1.54, 1.807) is 0 Å². The zero-order chi connectivity index (χ0) is 18.1. The molecule has 24 heavy (non-hydrogen) atoms. The molecule has 0 aliphatic carbocycles. The number of carboxylic acids is 1. The van der Waals surface area contributed by atoms with Crippen LogP contribution in [0.5, 0.6) is 0 Å². The molecule has 0 radical (unpaired) electrons. The molecule has 8 heteroatoms. The molecule has 0 unspecified atom stereocenters. The summed E-state index contributed by atoms with van der Waals surface area (Å²) in [6, 6.07) is 1.78. The van der Waals surface area contributed by atoms with Gasteiger partial charge in [-0.3, -0.25) is 14.9 Å². The van der Waals surface area contributed by atoms with Gasteiger partial charge in [0.15, 0.2) is 0 Å². The number of amides is 1. The Bertz CT molecular complexity index is 686. The fourth-order valence-electron chi connectivity index (χ4n) is 2.60. The molecule has 1 aliphatic rings. The number of carboxylic acid groups (broad SMARTS) is 1. The van der Waals surface area contributed by atoms with Gasteiger partial charge in [-0.15, -0.1) is 0 Å². The third kappa shape index (κ3) is 3.94. The molecule has 0 spiro atoms. The summed E-state index contributed by atoms with van der Waals surface area (Å²) >= 11 is 0. The molecular formula is C16H17F3N2O3. The first-order valence-corrected chi connectivity index (χ1v) is 7.26. The number of benzene rings is 1. The summed E-state index contributed by atoms with van der Waals surface area (Å²) in [7, 11) is 0. The van der Waals surface area contributed by atoms with Gasteiger partial charge in [0.1, 0.15) is 6.04 Å². The standard InChI is InChI=1S/C16H17F3N2O3/c1-8(2)10-7-9(3-4-11(10)16(17,18)19)20-14(22)12-5-6-13(21-12)15(23)24/h3-4,7,12-13,21H,1,5-6H2,2H3,(H,20,22)(H,23,24)/t12-,13+/m0/s1. The third-order valence-corrected chi connectivity index (χ3v) is 3.81. The lowest BCUT2D eigenvalue weighted by atomic mass is 10.0. The van der Waals surface area contributed by atoms with Gasteiger partial charge in [-0.25, -0.2) is 0 Å². The van der Waals surface area contributed by atoms with Gasteiger partial charge in [0.25, 0.3) is 0 Å². The highest BCUT2D eigenvalue weighted by Gasteiger charge is 2.35. The SMILES string of the molecule is C=C(C)c1cc(NC(=O)[C@@H]2CC[C@H](C(=O)O)N2)ccc1C(F)(F)F. The summed E-state index contributed by atoms with van der Waals surface area (Å²) in [5, 5.41) is 14.1. The summed E-state index contributed by atoms with van der Waals surface area (Å²) in [6.45, 7) is 4.99. The maximum atomic E-state index is 13.0. The maximum absolute atomic E-state index is 13.0. The van der Waals surface area contributed by atoms with Crippen LogP contribution >= 0.6 is 0 Å². The predicted molar refractivity (Wildman–Crippen MR) is 82.4 cm³/mol. The molecule has 1 amide bonds. The Labute approximate surface area is 136 Å². The van der Waals surface area contributed by atoms with Crippen LogP contribution in [0.15, 0.2) is 24.8 Å². The van der Waals surface area contributed by atoms with Crippen LogP contribution < -0.4 is 10.6 Å². The second kappa shape index (κ2) is 6.64. The van der Waals surface area contributed by atoms with Crippen LogP contribution in [0.1, 0.15) is 30.9 Å². The summed E-state index contributed by atoms with van der Waals surface area (Å²) in [6.07, 6.45) is -3.85. The van der Waals surface area contributed by atoms with Crippen molar-refractivity contribution in [2.75, 3.05) is 5.32 Å². The Morgan fingerprint density at radius 1 is 1.29 bits per heavy atom. The van der Waals surface area contributed by atoms with Crippen LogP contribution in [0, 0.1) is 0 Å². The Morgan fingerprint density at radius 2 is 1.92 bits per heavy atom. The topological polar surface area (TPSA) is 78.4 Å². The van der Waals surface area contributed by atoms with Crippen molar-refractivity contribution in [1.82, 2.24) is 5.32 Å². The molecular weight excluding hydrogens is 325 g/mol. The number of carbonyl (C=O) groups is 2. The van der Waals surface area contributed by atoms with E-state index in [0.717, 1.165) is 12.1 Å². The van der Waals surface area contributed by atoms with E-state index in [0.29, 0.717) is 12.8 Å². The number of allylic oxidation sites excluding steroid dienone is 1. The summed E-state index contributed by atoms with van der Waals surface area (Å²) in [5.74, 6) is -1.52. The van der Waals surface area contributed by atoms with Gasteiger partial charge in [0.05, 0.1) is 11.6 Å². The third-order valence-electron chi connectivity index (χ3n) is 3.81. The molecule has 0 saturated carbocycles. The first-order chi connectivity index (χ1) is 11.1. The van der Waals surface area contributed by atoms with E-state index < -0.39 is 35.7 Å². The van der Waals surface area contributed by atoms with Gasteiger partial charge in [-0.1, -0.05) is 12.2 Å². The number of aliphatic carboxylic acids is 1. The Balaban J connectivity index is 2.16. The van der Waals surface area contributed by atoms with Gasteiger partial charge in [-0.05, 0) is 43.5 Å². The summed E-state index contributed by atoms with van der Waals surface area (Å²) in [4.78, 5) is 23.0. The van der Waals surface area contributed by atoms with E-state index in [-0.39, 0.29) is 16.8 Å². The summed E-state index contributed by atoms with van der Waals surface area (Å²) < 4.78 is 38.9. The normalized spacial score (nSPS) is 20.7. The molecule has 1 aliphatic heterocycles. The number of anilines is 1. The lowest BCUT2D eigenvalue weighted by Crippen LogP contribution is -2.41. The molecule has 1 aromatic carbocycles. The molecule has 0 bridgehead atoms. The zero-order valence-corrected chi connectivity index (χ0v) is 12.9. The maximum Gasteiger partial charge on any atom is 0.416 e. The fraction of sp³-hybridized carbons (Fsp3) is 0.375. The number of carbonyl (C=O) groups excluding carboxylic acids is 1. The lowest BCUT2D eigenvalue weighted by molar-refractivity contribution is -0.139. The fourth-order valence-corrected chi connectivity index (χ4v) is 2.60. The molecule has 5 nitrogen and oxygen atoms in total. The number of halogens is 3. The Morgan fingerprint density at radius 3 is 2.42 bits per heavy atom. The van der Waals surface area contributed by atoms with Crippen molar-refractivity contribution >= 4 is 23.1 Å². The second-order valence-corrected chi connectivity index (χ2v) is 5.72. The smallest absolute Gasteiger partial charge is 0.416 e. The van der Waals surface area contributed by atoms with Gasteiger partial charge in [0.2, 0.25) is 5.91 Å². The second-order valence-electron chi connectivity index (χ2n) is 5.72. The average molecular weight is 342 g/mol. The molecule has 2 rings (SSSR count). The molecule has 1 saturated heterocycles. The highest BCUT2D eigenvalue weighted by molar-refractivity contribution is 5.96. The highest BCUT2D eigenvalue weighted by atomic mass is 19.4. The van der Waals surface area contributed by atoms with Crippen molar-refractivity contribution < 1.29 is 27.9 Å². The molecule has 1 heterocycles. The minimum atomic E-state index is -4.52. The van der Waals surface area contributed by atoms with Gasteiger partial charge in [-0.2, -0.15) is 13.2 Å². The minimum Gasteiger partial charge on any atom is -0.480 e. The first-order valence-electron chi connectivity index (χ1n) is 7.26. The largest absolute Gasteiger partial charge is 0.480 e. The van der Waals surface area contributed by atoms with Crippen LogP contribution in [0.4, 0.5) is 18.9 Å². The molecule has 1 aromatic rings. The van der Waals surface area contributed by atoms with E-state index in [9.17, 15) is 22.8 Å². The monoisotopic (exact) mass is 342 g/mol. The number of nitrogens with one attached hydrogen (secondary N) is 2. The van der Waals surface area contributed by atoms with E-state index in [4.69, 9.17) is 5.11 Å². The van der Waals surface area contributed by atoms with Crippen LogP contribution in [0.2, 0.25) is 0 Å². The van der Waals surface area contributed by atoms with Crippen molar-refractivity contribution in [3.63, 3.8) is 0 Å². The predicted octanol–water partition coefficient (Wildman–Crippen LogP) is 2.88. The summed E-state index contributed by atoms with van der Waals surface area (Å²) in [5.41, 5.74) is -0.490. The van der Waals surface area contributed by atoms with Crippen LogP contribution in [0.25, 0.3) is 5.57 Å². The molecule has 2 atom stereocenters. The first kappa shape index (κ1) is 18.0. The van der Waals surface area contributed by atoms with E-state index in [1.165, 1.54) is 13.0 Å². The molecule has 130 valence electrons. The van der Waals surface area contributed by atoms with Crippen LogP contribution in [-0.2, 0) is 15.8 Å². The number of alkyl halides is 3. The van der Waals surface area contributed by atoms with Crippen molar-refractivity contribution in [2.45, 2.75) is 38.0 Å². The van der Waals surface area contributed by atoms with Gasteiger partial charge < -0.3 is 10.4 Å². The van der Waals surface area contributed by atoms with Crippen molar-refractivity contribution in [3.8, 4) is 0 Å². The van der Waals surface area contributed by atoms with Gasteiger partial charge >= 0.3 is 12.1 Å². The Hall–Kier alpha value is -2.35. The van der Waals surface area contributed by atoms with Crippen molar-refractivity contribution in [3.05, 3.63) is 35.9 Å². The van der Waals surface area contributed by atoms with Crippen molar-refractivity contribution in [1.29, 1.82) is 0 Å². The number of hydrogen-bond acceptors (Lipinski definition) is 3. The number of hydrogen-bond donors (Lipinski definition) is 3. The highest BCUT2D eigenvalue weighted by Crippen LogP contribution is 2.36. The minimum absolute atomic E-state index is 0.0944. The molecule has 3 N–H and O–H groups in total. The Kier molecular flexibility index (Phi) is 4.98. The molecule has 0 aromatic heterocycles. The zero-order valence-electron chi connectivity index (χ0n) is 12.9. The van der Waals surface area contributed by atoms with E-state index >= 15 is 0 Å². The van der Waals surface area contributed by atoms with E-state index in [2.05, 4.69) is 17.2 Å². The quantitative estimate of drug-likeness (QED) is 0.786.